The van der Waals surface area contributed by atoms with Crippen LogP contribution in [0.4, 0.5) is 10.3 Å². The molecule has 0 bridgehead atoms. The van der Waals surface area contributed by atoms with Crippen molar-refractivity contribution in [2.75, 3.05) is 31.9 Å². The average Bonchev–Trinajstić information content (AvgIpc) is 3.48. The van der Waals surface area contributed by atoms with Crippen molar-refractivity contribution in [3.8, 4) is 28.5 Å². The summed E-state index contributed by atoms with van der Waals surface area (Å²) in [6.07, 6.45) is 13.0. The molecule has 180 valence electrons. The molecule has 0 radical (unpaired) electrons. The Bertz CT molecular complexity index is 1250. The molecule has 0 atom stereocenters. The van der Waals surface area contributed by atoms with Gasteiger partial charge >= 0.3 is 0 Å². The summed E-state index contributed by atoms with van der Waals surface area (Å²) in [5, 5.41) is 4.20. The van der Waals surface area contributed by atoms with E-state index in [1.807, 2.05) is 61.0 Å². The number of aromatic nitrogens is 1. The molecule has 3 aromatic rings. The quantitative estimate of drug-likeness (QED) is 0.404. The highest BCUT2D eigenvalue weighted by Crippen LogP contribution is 2.34. The highest BCUT2D eigenvalue weighted by atomic mass is 19.1. The summed E-state index contributed by atoms with van der Waals surface area (Å²) in [6.45, 7) is 2.40. The molecule has 2 aromatic carbocycles. The maximum atomic E-state index is 14.2. The van der Waals surface area contributed by atoms with Crippen LogP contribution in [0.2, 0.25) is 0 Å². The lowest BCUT2D eigenvalue weighted by Gasteiger charge is -2.23. The van der Waals surface area contributed by atoms with Gasteiger partial charge in [0, 0.05) is 43.7 Å². The summed E-state index contributed by atoms with van der Waals surface area (Å²) in [5.74, 6) is 1.84. The van der Waals surface area contributed by atoms with Crippen molar-refractivity contribution in [1.82, 2.24) is 10.1 Å². The Balaban J connectivity index is 1.34. The number of ether oxygens (including phenoxy) is 3. The number of fused-ring (bicyclic) bond motifs is 1. The average molecular weight is 476 g/mol. The fraction of sp³-hybridized carbons (Fsp3) is 0.222. The third kappa shape index (κ3) is 5.32. The van der Waals surface area contributed by atoms with Gasteiger partial charge in [0.25, 0.3) is 0 Å². The van der Waals surface area contributed by atoms with Gasteiger partial charge in [-0.15, -0.1) is 0 Å². The van der Waals surface area contributed by atoms with Gasteiger partial charge in [-0.3, -0.25) is 0 Å². The Morgan fingerprint density at radius 2 is 1.83 bits per heavy atom. The van der Waals surface area contributed by atoms with E-state index in [-0.39, 0.29) is 12.5 Å². The molecule has 8 heteroatoms. The number of hydrogen-bond donors (Lipinski definition) is 0. The second-order valence-electron chi connectivity index (χ2n) is 8.17. The predicted octanol–water partition coefficient (Wildman–Crippen LogP) is 5.51. The van der Waals surface area contributed by atoms with Crippen LogP contribution in [-0.2, 0) is 6.54 Å². The van der Waals surface area contributed by atoms with Gasteiger partial charge in [-0.25, -0.2) is 4.39 Å². The minimum absolute atomic E-state index is 0.189. The monoisotopic (exact) mass is 475 g/mol. The van der Waals surface area contributed by atoms with Gasteiger partial charge in [0.05, 0.1) is 7.11 Å². The van der Waals surface area contributed by atoms with Gasteiger partial charge < -0.3 is 28.5 Å². The lowest BCUT2D eigenvalue weighted by atomic mass is 10.1. The van der Waals surface area contributed by atoms with Crippen molar-refractivity contribution in [3.05, 3.63) is 90.5 Å². The molecular weight excluding hydrogens is 449 g/mol. The maximum Gasteiger partial charge on any atom is 0.231 e. The van der Waals surface area contributed by atoms with Crippen molar-refractivity contribution in [2.24, 2.45) is 0 Å². The van der Waals surface area contributed by atoms with Crippen LogP contribution in [0.25, 0.3) is 11.3 Å². The first-order valence-electron chi connectivity index (χ1n) is 11.4. The highest BCUT2D eigenvalue weighted by Gasteiger charge is 2.18. The van der Waals surface area contributed by atoms with E-state index in [9.17, 15) is 4.39 Å². The first kappa shape index (κ1) is 22.6. The van der Waals surface area contributed by atoms with Crippen LogP contribution in [-0.4, -0.2) is 37.0 Å². The molecule has 0 fully saturated rings. The van der Waals surface area contributed by atoms with E-state index in [4.69, 9.17) is 18.7 Å². The van der Waals surface area contributed by atoms with Gasteiger partial charge in [0.15, 0.2) is 23.1 Å². The molecule has 0 spiro atoms. The number of anilines is 1. The number of benzene rings is 2. The normalized spacial score (nSPS) is 13.8. The zero-order valence-corrected chi connectivity index (χ0v) is 19.4. The first-order valence-corrected chi connectivity index (χ1v) is 11.4. The maximum absolute atomic E-state index is 14.2. The number of rotatable bonds is 9. The van der Waals surface area contributed by atoms with Gasteiger partial charge in [-0.1, -0.05) is 23.4 Å². The molecule has 3 heterocycles. The second-order valence-corrected chi connectivity index (χ2v) is 8.17. The Morgan fingerprint density at radius 3 is 2.63 bits per heavy atom. The molecule has 5 rings (SSSR count). The topological polar surface area (TPSA) is 60.2 Å². The molecule has 7 nitrogen and oxygen atoms in total. The Labute approximate surface area is 203 Å². The van der Waals surface area contributed by atoms with Crippen molar-refractivity contribution in [3.63, 3.8) is 0 Å². The molecule has 0 amide bonds. The number of halogens is 1. The third-order valence-corrected chi connectivity index (χ3v) is 5.80. The van der Waals surface area contributed by atoms with E-state index >= 15 is 0 Å². The van der Waals surface area contributed by atoms with Crippen molar-refractivity contribution < 1.29 is 23.1 Å². The largest absolute Gasteiger partial charge is 0.494 e. The number of methoxy groups -OCH3 is 1. The van der Waals surface area contributed by atoms with Crippen LogP contribution < -0.4 is 19.1 Å². The molecule has 0 saturated heterocycles. The van der Waals surface area contributed by atoms with E-state index in [0.29, 0.717) is 23.7 Å². The molecule has 0 saturated carbocycles. The standard InChI is InChI=1S/C27H26FN3O4/c1-32-24-10-8-21(16-22(24)28)23-17-27(35-29-23)31(14-6-13-30-11-4-2-3-5-12-30)18-20-7-9-25-26(15-20)34-19-33-25/h2-5,7-12,15-17H,6,13-14,18-19H2,1H3. The van der Waals surface area contributed by atoms with Crippen molar-refractivity contribution >= 4 is 5.88 Å². The molecule has 1 aromatic heterocycles. The van der Waals surface area contributed by atoms with E-state index in [1.165, 1.54) is 13.2 Å². The Kier molecular flexibility index (Phi) is 6.70. The molecule has 2 aliphatic rings. The lowest BCUT2D eigenvalue weighted by molar-refractivity contribution is 0.174. The van der Waals surface area contributed by atoms with E-state index in [0.717, 1.165) is 36.6 Å². The number of nitrogens with zero attached hydrogens (tertiary/aromatic N) is 3. The summed E-state index contributed by atoms with van der Waals surface area (Å²) < 4.78 is 35.9. The predicted molar refractivity (Wildman–Crippen MR) is 131 cm³/mol. The van der Waals surface area contributed by atoms with E-state index < -0.39 is 5.82 Å². The summed E-state index contributed by atoms with van der Waals surface area (Å²) in [4.78, 5) is 4.27. The second kappa shape index (κ2) is 10.4. The van der Waals surface area contributed by atoms with Gasteiger partial charge in [-0.2, -0.15) is 0 Å². The minimum atomic E-state index is -0.445. The number of allylic oxidation sites excluding steroid dienone is 4. The van der Waals surface area contributed by atoms with Crippen molar-refractivity contribution in [1.29, 1.82) is 0 Å². The zero-order valence-electron chi connectivity index (χ0n) is 19.4. The van der Waals surface area contributed by atoms with Gasteiger partial charge in [0.2, 0.25) is 12.7 Å². The van der Waals surface area contributed by atoms with Crippen LogP contribution in [0.1, 0.15) is 12.0 Å². The van der Waals surface area contributed by atoms with Gasteiger partial charge in [-0.05, 0) is 54.5 Å². The van der Waals surface area contributed by atoms with Crippen LogP contribution in [0, 0.1) is 5.82 Å². The van der Waals surface area contributed by atoms with Crippen LogP contribution >= 0.6 is 0 Å². The molecular formula is C27H26FN3O4. The molecule has 0 aliphatic carbocycles. The fourth-order valence-corrected chi connectivity index (χ4v) is 3.99. The summed E-state index contributed by atoms with van der Waals surface area (Å²) >= 11 is 0. The van der Waals surface area contributed by atoms with Crippen LogP contribution in [0.15, 0.2) is 83.7 Å². The molecule has 0 N–H and O–H groups in total. The molecule has 2 aliphatic heterocycles. The smallest absolute Gasteiger partial charge is 0.231 e. The summed E-state index contributed by atoms with van der Waals surface area (Å²) in [7, 11) is 1.44. The van der Waals surface area contributed by atoms with Crippen molar-refractivity contribution in [2.45, 2.75) is 13.0 Å². The Morgan fingerprint density at radius 1 is 1.00 bits per heavy atom. The SMILES string of the molecule is COc1ccc(-c2cc(N(CCCN3C=CC=CC=C3)Cc3ccc4c(c3)OCO4)on2)cc1F. The van der Waals surface area contributed by atoms with Gasteiger partial charge in [0.1, 0.15) is 5.69 Å². The summed E-state index contributed by atoms with van der Waals surface area (Å²) in [6, 6.07) is 12.5. The zero-order chi connectivity index (χ0) is 24.0. The minimum Gasteiger partial charge on any atom is -0.494 e. The molecule has 35 heavy (non-hydrogen) atoms. The fourth-order valence-electron chi connectivity index (χ4n) is 3.99. The first-order chi connectivity index (χ1) is 17.2. The number of hydrogen-bond acceptors (Lipinski definition) is 7. The highest BCUT2D eigenvalue weighted by molar-refractivity contribution is 5.63. The lowest BCUT2D eigenvalue weighted by Crippen LogP contribution is -2.26. The molecule has 0 unspecified atom stereocenters. The third-order valence-electron chi connectivity index (χ3n) is 5.80. The van der Waals surface area contributed by atoms with E-state index in [2.05, 4.69) is 15.0 Å². The Hall–Kier alpha value is -4.20. The van der Waals surface area contributed by atoms with E-state index in [1.54, 1.807) is 12.1 Å². The summed E-state index contributed by atoms with van der Waals surface area (Å²) in [5.41, 5.74) is 2.23. The van der Waals surface area contributed by atoms with Crippen LogP contribution in [0.3, 0.4) is 0 Å². The van der Waals surface area contributed by atoms with Crippen LogP contribution in [0.5, 0.6) is 17.2 Å².